The molecule has 0 aliphatic heterocycles. The molecule has 0 aliphatic rings. The fourth-order valence-corrected chi connectivity index (χ4v) is 1.03. The van der Waals surface area contributed by atoms with Crippen LogP contribution in [-0.2, 0) is 9.53 Å². The van der Waals surface area contributed by atoms with Crippen LogP contribution in [0.5, 0.6) is 0 Å². The Balaban J connectivity index is 0.000000921. The molecule has 15 heavy (non-hydrogen) atoms. The van der Waals surface area contributed by atoms with E-state index >= 15 is 0 Å². The van der Waals surface area contributed by atoms with Gasteiger partial charge in [-0.3, -0.25) is 4.79 Å². The summed E-state index contributed by atoms with van der Waals surface area (Å²) in [5.74, 6) is -1.42. The molecule has 0 aliphatic carbocycles. The minimum absolute atomic E-state index is 0.398. The van der Waals surface area contributed by atoms with E-state index < -0.39 is 11.8 Å². The van der Waals surface area contributed by atoms with Crippen LogP contribution < -0.4 is 0 Å². The van der Waals surface area contributed by atoms with Crippen LogP contribution in [0.25, 0.3) is 0 Å². The van der Waals surface area contributed by atoms with Crippen molar-refractivity contribution in [3.8, 4) is 0 Å². The van der Waals surface area contributed by atoms with Crippen molar-refractivity contribution < 1.29 is 14.3 Å². The van der Waals surface area contributed by atoms with Crippen LogP contribution in [0.3, 0.4) is 0 Å². The third kappa shape index (κ3) is 3.54. The third-order valence-electron chi connectivity index (χ3n) is 1.76. The first-order valence-electron chi connectivity index (χ1n) is 4.85. The van der Waals surface area contributed by atoms with Gasteiger partial charge in [0.1, 0.15) is 0 Å². The molecule has 0 bridgehead atoms. The molecule has 0 fully saturated rings. The average molecular weight is 208 g/mol. The van der Waals surface area contributed by atoms with E-state index in [2.05, 4.69) is 4.74 Å². The highest BCUT2D eigenvalue weighted by Gasteiger charge is 2.17. The number of carbonyl (C=O) groups is 2. The van der Waals surface area contributed by atoms with E-state index in [1.54, 1.807) is 25.1 Å². The van der Waals surface area contributed by atoms with Gasteiger partial charge in [0.15, 0.2) is 0 Å². The summed E-state index contributed by atoms with van der Waals surface area (Å²) in [4.78, 5) is 22.2. The highest BCUT2D eigenvalue weighted by Crippen LogP contribution is 2.08. The molecule has 0 saturated heterocycles. The topological polar surface area (TPSA) is 43.4 Å². The van der Waals surface area contributed by atoms with Gasteiger partial charge in [-0.05, 0) is 12.5 Å². The molecule has 0 radical (unpaired) electrons. The Morgan fingerprint density at radius 2 is 1.67 bits per heavy atom. The number of ether oxygens (including phenoxy) is 1. The Morgan fingerprint density at radius 1 is 1.13 bits per heavy atom. The molecule has 0 spiro atoms. The predicted molar refractivity (Wildman–Crippen MR) is 58.9 cm³/mol. The number of benzene rings is 1. The van der Waals surface area contributed by atoms with Gasteiger partial charge in [-0.2, -0.15) is 0 Å². The summed E-state index contributed by atoms with van der Waals surface area (Å²) in [7, 11) is 1.19. The molecule has 82 valence electrons. The van der Waals surface area contributed by atoms with Gasteiger partial charge < -0.3 is 4.74 Å². The summed E-state index contributed by atoms with van der Waals surface area (Å²) in [5.41, 5.74) is 1.17. The van der Waals surface area contributed by atoms with Crippen molar-refractivity contribution in [1.82, 2.24) is 0 Å². The van der Waals surface area contributed by atoms with Gasteiger partial charge in [-0.25, -0.2) is 4.79 Å². The molecule has 3 heteroatoms. The van der Waals surface area contributed by atoms with E-state index in [-0.39, 0.29) is 0 Å². The summed E-state index contributed by atoms with van der Waals surface area (Å²) < 4.78 is 4.33. The zero-order valence-corrected chi connectivity index (χ0v) is 9.53. The number of aryl methyl sites for hydroxylation is 1. The van der Waals surface area contributed by atoms with Gasteiger partial charge >= 0.3 is 5.97 Å². The number of esters is 1. The first-order valence-corrected chi connectivity index (χ1v) is 4.85. The normalized spacial score (nSPS) is 8.53. The summed E-state index contributed by atoms with van der Waals surface area (Å²) in [6.07, 6.45) is 0. The lowest BCUT2D eigenvalue weighted by Gasteiger charge is -2.01. The Bertz CT molecular complexity index is 342. The Labute approximate surface area is 90.1 Å². The minimum atomic E-state index is -0.825. The van der Waals surface area contributed by atoms with Gasteiger partial charge in [0.25, 0.3) is 5.78 Å². The number of hydrogen-bond donors (Lipinski definition) is 0. The molecule has 0 saturated carbocycles. The molecule has 0 N–H and O–H groups in total. The van der Waals surface area contributed by atoms with Crippen molar-refractivity contribution in [3.05, 3.63) is 35.4 Å². The molecule has 0 heterocycles. The maximum atomic E-state index is 11.3. The van der Waals surface area contributed by atoms with E-state index in [9.17, 15) is 9.59 Å². The fourth-order valence-electron chi connectivity index (χ4n) is 1.03. The number of methoxy groups -OCH3 is 1. The average Bonchev–Trinajstić information content (AvgIpc) is 2.30. The van der Waals surface area contributed by atoms with Crippen LogP contribution in [0.2, 0.25) is 0 Å². The summed E-state index contributed by atoms with van der Waals surface area (Å²) in [6, 6.07) is 6.90. The number of Topliss-reactive ketones (excluding diaryl/α,β-unsaturated/α-hetero) is 1. The molecule has 1 aromatic carbocycles. The summed E-state index contributed by atoms with van der Waals surface area (Å²) in [5, 5.41) is 0. The van der Waals surface area contributed by atoms with Gasteiger partial charge in [0.05, 0.1) is 7.11 Å². The molecule has 1 aromatic rings. The van der Waals surface area contributed by atoms with Crippen molar-refractivity contribution >= 4 is 11.8 Å². The maximum absolute atomic E-state index is 11.3. The standard InChI is InChI=1S/C10H10O3.C2H6/c1-7-5-3-4-6-8(7)9(11)10(12)13-2;1-2/h3-6H,1-2H3;1-2H3. The van der Waals surface area contributed by atoms with E-state index in [1.807, 2.05) is 19.9 Å². The lowest BCUT2D eigenvalue weighted by molar-refractivity contribution is -0.135. The zero-order chi connectivity index (χ0) is 11.8. The molecule has 0 aromatic heterocycles. The van der Waals surface area contributed by atoms with E-state index in [4.69, 9.17) is 0 Å². The number of rotatable bonds is 2. The van der Waals surface area contributed by atoms with Crippen molar-refractivity contribution in [2.75, 3.05) is 7.11 Å². The van der Waals surface area contributed by atoms with Crippen molar-refractivity contribution in [2.24, 2.45) is 0 Å². The largest absolute Gasteiger partial charge is 0.463 e. The summed E-state index contributed by atoms with van der Waals surface area (Å²) >= 11 is 0. The van der Waals surface area contributed by atoms with E-state index in [0.717, 1.165) is 5.56 Å². The second kappa shape index (κ2) is 6.76. The first-order chi connectivity index (χ1) is 7.16. The van der Waals surface area contributed by atoms with Gasteiger partial charge in [0, 0.05) is 5.56 Å². The summed E-state index contributed by atoms with van der Waals surface area (Å²) in [6.45, 7) is 5.77. The molecule has 1 rings (SSSR count). The predicted octanol–water partition coefficient (Wildman–Crippen LogP) is 2.38. The van der Waals surface area contributed by atoms with Crippen molar-refractivity contribution in [2.45, 2.75) is 20.8 Å². The number of hydrogen-bond acceptors (Lipinski definition) is 3. The quantitative estimate of drug-likeness (QED) is 0.426. The van der Waals surface area contributed by atoms with Crippen LogP contribution in [0.15, 0.2) is 24.3 Å². The molecule has 0 atom stereocenters. The second-order valence-corrected chi connectivity index (χ2v) is 2.64. The molecular formula is C12H16O3. The maximum Gasteiger partial charge on any atom is 0.379 e. The SMILES string of the molecule is CC.COC(=O)C(=O)c1ccccc1C. The Kier molecular flexibility index (Phi) is 6.02. The number of carbonyl (C=O) groups excluding carboxylic acids is 2. The fraction of sp³-hybridized carbons (Fsp3) is 0.333. The first kappa shape index (κ1) is 13.4. The molecule has 0 amide bonds. The van der Waals surface area contributed by atoms with Gasteiger partial charge in [-0.15, -0.1) is 0 Å². The van der Waals surface area contributed by atoms with Gasteiger partial charge in [0.2, 0.25) is 0 Å². The lowest BCUT2D eigenvalue weighted by atomic mass is 10.1. The zero-order valence-electron chi connectivity index (χ0n) is 9.53. The highest BCUT2D eigenvalue weighted by atomic mass is 16.5. The second-order valence-electron chi connectivity index (χ2n) is 2.64. The van der Waals surface area contributed by atoms with E-state index in [0.29, 0.717) is 5.56 Å². The minimum Gasteiger partial charge on any atom is -0.463 e. The number of ketones is 1. The van der Waals surface area contributed by atoms with Crippen LogP contribution >= 0.6 is 0 Å². The van der Waals surface area contributed by atoms with Crippen LogP contribution in [0, 0.1) is 6.92 Å². The highest BCUT2D eigenvalue weighted by molar-refractivity contribution is 6.40. The van der Waals surface area contributed by atoms with Crippen LogP contribution in [-0.4, -0.2) is 18.9 Å². The smallest absolute Gasteiger partial charge is 0.379 e. The molecule has 0 unspecified atom stereocenters. The van der Waals surface area contributed by atoms with Crippen molar-refractivity contribution in [3.63, 3.8) is 0 Å². The molecular weight excluding hydrogens is 192 g/mol. The third-order valence-corrected chi connectivity index (χ3v) is 1.76. The Morgan fingerprint density at radius 3 is 2.13 bits per heavy atom. The lowest BCUT2D eigenvalue weighted by Crippen LogP contribution is -2.16. The molecule has 3 nitrogen and oxygen atoms in total. The monoisotopic (exact) mass is 208 g/mol. The van der Waals surface area contributed by atoms with Crippen LogP contribution in [0.4, 0.5) is 0 Å². The van der Waals surface area contributed by atoms with Crippen molar-refractivity contribution in [1.29, 1.82) is 0 Å². The van der Waals surface area contributed by atoms with Crippen LogP contribution in [0.1, 0.15) is 29.8 Å². The Hall–Kier alpha value is -1.64. The van der Waals surface area contributed by atoms with E-state index in [1.165, 1.54) is 7.11 Å². The van der Waals surface area contributed by atoms with Gasteiger partial charge in [-0.1, -0.05) is 38.1 Å².